The fourth-order valence-electron chi connectivity index (χ4n) is 2.42. The predicted molar refractivity (Wildman–Crippen MR) is 114 cm³/mol. The van der Waals surface area contributed by atoms with Crippen molar-refractivity contribution in [2.24, 2.45) is 5.10 Å². The lowest BCUT2D eigenvalue weighted by molar-refractivity contribution is -0.132. The van der Waals surface area contributed by atoms with Crippen LogP contribution >= 0.6 is 12.2 Å². The van der Waals surface area contributed by atoms with Crippen molar-refractivity contribution in [1.29, 1.82) is 0 Å². The Kier molecular flexibility index (Phi) is 7.34. The lowest BCUT2D eigenvalue weighted by atomic mass is 10.1. The minimum Gasteiger partial charge on any atom is -0.493 e. The van der Waals surface area contributed by atoms with Gasteiger partial charge in [0.1, 0.15) is 0 Å². The van der Waals surface area contributed by atoms with E-state index < -0.39 is 5.97 Å². The van der Waals surface area contributed by atoms with Crippen LogP contribution in [0.3, 0.4) is 0 Å². The van der Waals surface area contributed by atoms with E-state index in [0.717, 1.165) is 11.3 Å². The fourth-order valence-corrected chi connectivity index (χ4v) is 2.58. The summed E-state index contributed by atoms with van der Waals surface area (Å²) in [6, 6.07) is 9.29. The van der Waals surface area contributed by atoms with Crippen LogP contribution in [0.4, 0.5) is 5.69 Å². The molecule has 0 unspecified atom stereocenters. The molecule has 2 aromatic rings. The van der Waals surface area contributed by atoms with E-state index in [0.29, 0.717) is 22.2 Å². The van der Waals surface area contributed by atoms with Crippen LogP contribution < -0.4 is 25.0 Å². The van der Waals surface area contributed by atoms with Gasteiger partial charge in [-0.25, -0.2) is 0 Å². The predicted octanol–water partition coefficient (Wildman–Crippen LogP) is 3.57. The highest BCUT2D eigenvalue weighted by Crippen LogP contribution is 2.38. The van der Waals surface area contributed by atoms with Gasteiger partial charge in [0.05, 0.1) is 20.4 Å². The molecule has 0 aliphatic heterocycles. The number of carbonyl (C=O) groups is 1. The van der Waals surface area contributed by atoms with Crippen molar-refractivity contribution in [3.63, 3.8) is 0 Å². The molecule has 0 heterocycles. The molecule has 2 rings (SSSR count). The Labute approximate surface area is 169 Å². The van der Waals surface area contributed by atoms with Crippen LogP contribution in [0.2, 0.25) is 0 Å². The third-order valence-corrected chi connectivity index (χ3v) is 4.15. The molecule has 0 radical (unpaired) electrons. The van der Waals surface area contributed by atoms with Crippen molar-refractivity contribution in [3.05, 3.63) is 47.0 Å². The number of nitrogens with zero attached hydrogens (tertiary/aromatic N) is 1. The Morgan fingerprint density at radius 1 is 1.14 bits per heavy atom. The Morgan fingerprint density at radius 3 is 2.36 bits per heavy atom. The molecular weight excluding hydrogens is 378 g/mol. The number of anilines is 1. The molecule has 0 aliphatic rings. The molecule has 0 fully saturated rings. The van der Waals surface area contributed by atoms with E-state index in [-0.39, 0.29) is 5.75 Å². The first kappa shape index (κ1) is 21.2. The summed E-state index contributed by atoms with van der Waals surface area (Å²) < 4.78 is 15.7. The zero-order valence-electron chi connectivity index (χ0n) is 16.5. The number of rotatable bonds is 6. The monoisotopic (exact) mass is 401 g/mol. The smallest absolute Gasteiger partial charge is 0.308 e. The third kappa shape index (κ3) is 5.43. The number of thiocarbonyl (C=S) groups is 1. The third-order valence-electron chi connectivity index (χ3n) is 3.96. The second-order valence-corrected chi connectivity index (χ2v) is 6.33. The molecule has 0 spiro atoms. The van der Waals surface area contributed by atoms with E-state index in [2.05, 4.69) is 15.8 Å². The van der Waals surface area contributed by atoms with Crippen molar-refractivity contribution < 1.29 is 19.0 Å². The Balaban J connectivity index is 2.12. The van der Waals surface area contributed by atoms with Crippen LogP contribution in [0.5, 0.6) is 17.2 Å². The van der Waals surface area contributed by atoms with E-state index in [4.69, 9.17) is 26.4 Å². The van der Waals surface area contributed by atoms with Crippen LogP contribution in [-0.4, -0.2) is 31.5 Å². The van der Waals surface area contributed by atoms with E-state index >= 15 is 0 Å². The van der Waals surface area contributed by atoms with Gasteiger partial charge < -0.3 is 19.5 Å². The zero-order chi connectivity index (χ0) is 20.7. The zero-order valence-corrected chi connectivity index (χ0v) is 17.3. The van der Waals surface area contributed by atoms with Crippen LogP contribution in [0.25, 0.3) is 0 Å². The van der Waals surface area contributed by atoms with Crippen LogP contribution in [0.15, 0.2) is 35.4 Å². The molecule has 0 bridgehead atoms. The van der Waals surface area contributed by atoms with Gasteiger partial charge >= 0.3 is 5.97 Å². The molecule has 2 N–H and O–H groups in total. The summed E-state index contributed by atoms with van der Waals surface area (Å²) in [5, 5.41) is 7.61. The van der Waals surface area contributed by atoms with E-state index in [9.17, 15) is 4.79 Å². The minimum absolute atomic E-state index is 0.217. The highest BCUT2D eigenvalue weighted by molar-refractivity contribution is 7.80. The molecule has 0 aliphatic carbocycles. The van der Waals surface area contributed by atoms with Crippen LogP contribution in [0.1, 0.15) is 23.6 Å². The molecule has 0 atom stereocenters. The number of aryl methyl sites for hydroxylation is 1. The summed E-state index contributed by atoms with van der Waals surface area (Å²) in [5.74, 6) is 0.455. The summed E-state index contributed by atoms with van der Waals surface area (Å²) in [5.41, 5.74) is 6.65. The Hall–Kier alpha value is -3.13. The Bertz CT molecular complexity index is 887. The number of ether oxygens (including phenoxy) is 3. The number of hydrazone groups is 1. The van der Waals surface area contributed by atoms with Gasteiger partial charge in [-0.05, 0) is 55.4 Å². The fraction of sp³-hybridized carbons (Fsp3) is 0.250. The maximum atomic E-state index is 11.3. The number of esters is 1. The van der Waals surface area contributed by atoms with Gasteiger partial charge in [0.15, 0.2) is 16.6 Å². The second kappa shape index (κ2) is 9.70. The van der Waals surface area contributed by atoms with Gasteiger partial charge in [0.25, 0.3) is 0 Å². The largest absolute Gasteiger partial charge is 0.493 e. The molecule has 0 aromatic heterocycles. The SMILES string of the molecule is COc1cc(/C=N/NC(=S)Nc2cccc(C)c2C)cc(OC)c1OC(C)=O. The second-order valence-electron chi connectivity index (χ2n) is 5.92. The first-order chi connectivity index (χ1) is 13.3. The quantitative estimate of drug-likeness (QED) is 0.252. The number of benzene rings is 2. The van der Waals surface area contributed by atoms with E-state index in [1.54, 1.807) is 18.3 Å². The number of hydrogen-bond donors (Lipinski definition) is 2. The van der Waals surface area contributed by atoms with Crippen molar-refractivity contribution in [2.45, 2.75) is 20.8 Å². The average molecular weight is 401 g/mol. The molecule has 0 saturated heterocycles. The molecule has 7 nitrogen and oxygen atoms in total. The summed E-state index contributed by atoms with van der Waals surface area (Å²) >= 11 is 5.28. The van der Waals surface area contributed by atoms with Crippen molar-refractivity contribution >= 4 is 35.2 Å². The summed E-state index contributed by atoms with van der Waals surface area (Å²) in [4.78, 5) is 11.3. The number of carbonyl (C=O) groups excluding carboxylic acids is 1. The molecule has 0 amide bonds. The molecule has 0 saturated carbocycles. The summed E-state index contributed by atoms with van der Waals surface area (Å²) in [7, 11) is 2.95. The molecule has 2 aromatic carbocycles. The van der Waals surface area contributed by atoms with Crippen LogP contribution in [0, 0.1) is 13.8 Å². The van der Waals surface area contributed by atoms with Crippen molar-refractivity contribution in [2.75, 3.05) is 19.5 Å². The molecule has 148 valence electrons. The number of nitrogens with one attached hydrogen (secondary N) is 2. The van der Waals surface area contributed by atoms with Gasteiger partial charge in [-0.1, -0.05) is 12.1 Å². The van der Waals surface area contributed by atoms with Gasteiger partial charge in [-0.2, -0.15) is 5.10 Å². The van der Waals surface area contributed by atoms with E-state index in [1.807, 2.05) is 32.0 Å². The van der Waals surface area contributed by atoms with Crippen molar-refractivity contribution in [1.82, 2.24) is 5.43 Å². The topological polar surface area (TPSA) is 81.2 Å². The number of methoxy groups -OCH3 is 2. The van der Waals surface area contributed by atoms with Gasteiger partial charge in [-0.15, -0.1) is 0 Å². The molecule has 8 heteroatoms. The lowest BCUT2D eigenvalue weighted by Crippen LogP contribution is -2.24. The minimum atomic E-state index is -0.470. The lowest BCUT2D eigenvalue weighted by Gasteiger charge is -2.13. The van der Waals surface area contributed by atoms with Crippen LogP contribution in [-0.2, 0) is 4.79 Å². The van der Waals surface area contributed by atoms with Crippen molar-refractivity contribution in [3.8, 4) is 17.2 Å². The molecular formula is C20H23N3O4S. The first-order valence-corrected chi connectivity index (χ1v) is 8.87. The normalized spacial score (nSPS) is 10.5. The standard InChI is InChI=1S/C20H23N3O4S/c1-12-7-6-8-16(13(12)2)22-20(28)23-21-11-15-9-17(25-4)19(27-14(3)24)18(10-15)26-5/h6-11H,1-5H3,(H2,22,23,28)/b21-11+. The maximum Gasteiger partial charge on any atom is 0.308 e. The highest BCUT2D eigenvalue weighted by atomic mass is 32.1. The summed E-state index contributed by atoms with van der Waals surface area (Å²) in [6.45, 7) is 5.37. The van der Waals surface area contributed by atoms with Gasteiger partial charge in [0.2, 0.25) is 5.75 Å². The molecule has 28 heavy (non-hydrogen) atoms. The van der Waals surface area contributed by atoms with Gasteiger partial charge in [-0.3, -0.25) is 10.2 Å². The van der Waals surface area contributed by atoms with E-state index in [1.165, 1.54) is 26.7 Å². The Morgan fingerprint density at radius 2 is 1.79 bits per heavy atom. The summed E-state index contributed by atoms with van der Waals surface area (Å²) in [6.07, 6.45) is 1.56. The van der Waals surface area contributed by atoms with Gasteiger partial charge in [0, 0.05) is 18.2 Å². The number of hydrogen-bond acceptors (Lipinski definition) is 6. The maximum absolute atomic E-state index is 11.3. The first-order valence-electron chi connectivity index (χ1n) is 8.46. The highest BCUT2D eigenvalue weighted by Gasteiger charge is 2.15. The average Bonchev–Trinajstić information content (AvgIpc) is 2.65.